The summed E-state index contributed by atoms with van der Waals surface area (Å²) in [6, 6.07) is 5.56. The average Bonchev–Trinajstić information content (AvgIpc) is 2.70. The fourth-order valence-corrected chi connectivity index (χ4v) is 1.57. The fraction of sp³-hybridized carbons (Fsp3) is 0.333. The number of ether oxygens (including phenoxy) is 2. The van der Waals surface area contributed by atoms with Crippen molar-refractivity contribution in [3.05, 3.63) is 28.0 Å². The van der Waals surface area contributed by atoms with E-state index >= 15 is 0 Å². The van der Waals surface area contributed by atoms with E-state index in [0.717, 1.165) is 0 Å². The fourth-order valence-electron chi connectivity index (χ4n) is 1.26. The standard InChI is InChI=1S/C9H7BrN2O2/c10-8-2-1-6(7(5-11)12-8)9-13-3-4-14-9/h1-2,9H,3-4H2. The lowest BCUT2D eigenvalue weighted by Gasteiger charge is -2.09. The molecule has 1 aliphatic heterocycles. The van der Waals surface area contributed by atoms with Crippen molar-refractivity contribution in [2.75, 3.05) is 13.2 Å². The Kier molecular flexibility index (Phi) is 2.77. The maximum atomic E-state index is 8.86. The van der Waals surface area contributed by atoms with E-state index in [1.54, 1.807) is 12.1 Å². The normalized spacial score (nSPS) is 16.9. The number of hydrogen-bond acceptors (Lipinski definition) is 4. The van der Waals surface area contributed by atoms with Crippen LogP contribution in [0.5, 0.6) is 0 Å². The second kappa shape index (κ2) is 4.05. The van der Waals surface area contributed by atoms with Crippen molar-refractivity contribution in [3.8, 4) is 6.07 Å². The first kappa shape index (κ1) is 9.59. The highest BCUT2D eigenvalue weighted by Crippen LogP contribution is 2.26. The Labute approximate surface area is 89.6 Å². The van der Waals surface area contributed by atoms with Crippen molar-refractivity contribution in [1.29, 1.82) is 5.26 Å². The molecule has 0 amide bonds. The first-order valence-electron chi connectivity index (χ1n) is 4.11. The monoisotopic (exact) mass is 254 g/mol. The van der Waals surface area contributed by atoms with E-state index in [9.17, 15) is 0 Å². The molecule has 0 atom stereocenters. The third-order valence-corrected chi connectivity index (χ3v) is 2.32. The molecule has 0 spiro atoms. The molecular weight excluding hydrogens is 248 g/mol. The highest BCUT2D eigenvalue weighted by atomic mass is 79.9. The lowest BCUT2D eigenvalue weighted by molar-refractivity contribution is -0.0445. The summed E-state index contributed by atoms with van der Waals surface area (Å²) in [5.74, 6) is 0. The number of hydrogen-bond donors (Lipinski definition) is 0. The number of pyridine rings is 1. The summed E-state index contributed by atoms with van der Waals surface area (Å²) >= 11 is 3.20. The van der Waals surface area contributed by atoms with Gasteiger partial charge in [0.15, 0.2) is 6.29 Å². The predicted molar refractivity (Wildman–Crippen MR) is 51.3 cm³/mol. The number of halogens is 1. The van der Waals surface area contributed by atoms with Crippen molar-refractivity contribution in [2.24, 2.45) is 0 Å². The summed E-state index contributed by atoms with van der Waals surface area (Å²) < 4.78 is 11.2. The summed E-state index contributed by atoms with van der Waals surface area (Å²) in [5, 5.41) is 8.86. The molecule has 1 aliphatic rings. The van der Waals surface area contributed by atoms with Crippen LogP contribution in [0.2, 0.25) is 0 Å². The van der Waals surface area contributed by atoms with Crippen molar-refractivity contribution < 1.29 is 9.47 Å². The molecule has 2 heterocycles. The Morgan fingerprint density at radius 1 is 1.43 bits per heavy atom. The van der Waals surface area contributed by atoms with E-state index in [1.165, 1.54) is 0 Å². The summed E-state index contributed by atoms with van der Waals surface area (Å²) in [6.45, 7) is 1.12. The molecule has 1 aromatic heterocycles. The molecule has 0 aliphatic carbocycles. The van der Waals surface area contributed by atoms with Crippen LogP contribution in [0.3, 0.4) is 0 Å². The summed E-state index contributed by atoms with van der Waals surface area (Å²) in [4.78, 5) is 4.03. The van der Waals surface area contributed by atoms with Crippen molar-refractivity contribution in [1.82, 2.24) is 4.98 Å². The van der Waals surface area contributed by atoms with Crippen LogP contribution in [0.1, 0.15) is 17.5 Å². The number of rotatable bonds is 1. The molecule has 1 aromatic rings. The zero-order valence-electron chi connectivity index (χ0n) is 7.24. The van der Waals surface area contributed by atoms with Crippen LogP contribution in [0.25, 0.3) is 0 Å². The van der Waals surface area contributed by atoms with Gasteiger partial charge >= 0.3 is 0 Å². The van der Waals surface area contributed by atoms with Gasteiger partial charge in [0.1, 0.15) is 16.4 Å². The van der Waals surface area contributed by atoms with Crippen LogP contribution in [-0.4, -0.2) is 18.2 Å². The Bertz CT molecular complexity index is 383. The summed E-state index contributed by atoms with van der Waals surface area (Å²) in [5.41, 5.74) is 1.03. The zero-order chi connectivity index (χ0) is 9.97. The number of nitrogens with zero attached hydrogens (tertiary/aromatic N) is 2. The number of aromatic nitrogens is 1. The third kappa shape index (κ3) is 1.77. The molecule has 2 rings (SSSR count). The van der Waals surface area contributed by atoms with Gasteiger partial charge in [0, 0.05) is 5.56 Å². The molecule has 0 aromatic carbocycles. The van der Waals surface area contributed by atoms with Gasteiger partial charge in [-0.2, -0.15) is 5.26 Å². The van der Waals surface area contributed by atoms with E-state index in [0.29, 0.717) is 29.1 Å². The minimum absolute atomic E-state index is 0.339. The summed E-state index contributed by atoms with van der Waals surface area (Å²) in [6.07, 6.45) is -0.440. The van der Waals surface area contributed by atoms with E-state index in [4.69, 9.17) is 14.7 Å². The molecular formula is C9H7BrN2O2. The van der Waals surface area contributed by atoms with Gasteiger partial charge in [0.05, 0.1) is 13.2 Å². The van der Waals surface area contributed by atoms with Crippen molar-refractivity contribution >= 4 is 15.9 Å². The molecule has 1 saturated heterocycles. The topological polar surface area (TPSA) is 55.1 Å². The van der Waals surface area contributed by atoms with Crippen molar-refractivity contribution in [3.63, 3.8) is 0 Å². The van der Waals surface area contributed by atoms with Crippen LogP contribution in [0, 0.1) is 11.3 Å². The molecule has 0 bridgehead atoms. The second-order valence-electron chi connectivity index (χ2n) is 2.76. The van der Waals surface area contributed by atoms with Crippen LogP contribution in [0.4, 0.5) is 0 Å². The highest BCUT2D eigenvalue weighted by molar-refractivity contribution is 9.10. The van der Waals surface area contributed by atoms with E-state index < -0.39 is 6.29 Å². The minimum atomic E-state index is -0.440. The summed E-state index contributed by atoms with van der Waals surface area (Å²) in [7, 11) is 0. The van der Waals surface area contributed by atoms with Crippen LogP contribution in [-0.2, 0) is 9.47 Å². The molecule has 0 unspecified atom stereocenters. The predicted octanol–water partition coefficient (Wildman–Crippen LogP) is 1.76. The molecule has 0 N–H and O–H groups in total. The first-order valence-corrected chi connectivity index (χ1v) is 4.90. The Hall–Kier alpha value is -0.960. The van der Waals surface area contributed by atoms with Gasteiger partial charge in [0.25, 0.3) is 0 Å². The SMILES string of the molecule is N#Cc1nc(Br)ccc1C1OCCO1. The van der Waals surface area contributed by atoms with Crippen LogP contribution in [0.15, 0.2) is 16.7 Å². The first-order chi connectivity index (χ1) is 6.81. The Balaban J connectivity index is 2.37. The van der Waals surface area contributed by atoms with E-state index in [-0.39, 0.29) is 0 Å². The quantitative estimate of drug-likeness (QED) is 0.717. The molecule has 14 heavy (non-hydrogen) atoms. The van der Waals surface area contributed by atoms with Gasteiger partial charge in [-0.25, -0.2) is 4.98 Å². The van der Waals surface area contributed by atoms with E-state index in [2.05, 4.69) is 20.9 Å². The van der Waals surface area contributed by atoms with E-state index in [1.807, 2.05) is 6.07 Å². The highest BCUT2D eigenvalue weighted by Gasteiger charge is 2.22. The largest absolute Gasteiger partial charge is 0.346 e. The molecule has 4 nitrogen and oxygen atoms in total. The molecule has 0 radical (unpaired) electrons. The Morgan fingerprint density at radius 2 is 2.14 bits per heavy atom. The molecule has 5 heteroatoms. The third-order valence-electron chi connectivity index (χ3n) is 1.87. The lowest BCUT2D eigenvalue weighted by atomic mass is 10.2. The van der Waals surface area contributed by atoms with Gasteiger partial charge in [-0.05, 0) is 28.1 Å². The lowest BCUT2D eigenvalue weighted by Crippen LogP contribution is -2.02. The molecule has 0 saturated carbocycles. The smallest absolute Gasteiger partial charge is 0.186 e. The Morgan fingerprint density at radius 3 is 2.79 bits per heavy atom. The van der Waals surface area contributed by atoms with Gasteiger partial charge in [-0.1, -0.05) is 0 Å². The van der Waals surface area contributed by atoms with Gasteiger partial charge in [-0.15, -0.1) is 0 Å². The maximum absolute atomic E-state index is 8.86. The molecule has 1 fully saturated rings. The zero-order valence-corrected chi connectivity index (χ0v) is 8.82. The average molecular weight is 255 g/mol. The number of nitriles is 1. The van der Waals surface area contributed by atoms with Gasteiger partial charge < -0.3 is 9.47 Å². The molecule has 72 valence electrons. The van der Waals surface area contributed by atoms with Crippen LogP contribution < -0.4 is 0 Å². The maximum Gasteiger partial charge on any atom is 0.186 e. The van der Waals surface area contributed by atoms with Crippen molar-refractivity contribution in [2.45, 2.75) is 6.29 Å². The second-order valence-corrected chi connectivity index (χ2v) is 3.57. The van der Waals surface area contributed by atoms with Crippen LogP contribution >= 0.6 is 15.9 Å². The van der Waals surface area contributed by atoms with Gasteiger partial charge in [-0.3, -0.25) is 0 Å². The van der Waals surface area contributed by atoms with Gasteiger partial charge in [0.2, 0.25) is 0 Å². The minimum Gasteiger partial charge on any atom is -0.346 e.